The number of morpholine rings is 1. The van der Waals surface area contributed by atoms with Gasteiger partial charge in [-0.1, -0.05) is 0 Å². The van der Waals surface area contributed by atoms with Crippen LogP contribution in [0.25, 0.3) is 0 Å². The Morgan fingerprint density at radius 3 is 1.34 bits per heavy atom. The van der Waals surface area contributed by atoms with Crippen LogP contribution in [0.5, 0.6) is 0 Å². The van der Waals surface area contributed by atoms with Crippen molar-refractivity contribution in [3.8, 4) is 0 Å². The van der Waals surface area contributed by atoms with Gasteiger partial charge in [0.2, 0.25) is 0 Å². The van der Waals surface area contributed by atoms with Crippen LogP contribution in [-0.4, -0.2) is 101 Å². The van der Waals surface area contributed by atoms with Crippen molar-refractivity contribution in [1.29, 1.82) is 0 Å². The fourth-order valence-corrected chi connectivity index (χ4v) is 10.4. The second-order valence-electron chi connectivity index (χ2n) is 12.2. The number of rotatable bonds is 5. The van der Waals surface area contributed by atoms with Gasteiger partial charge in [0, 0.05) is 0 Å². The molecule has 8 nitrogen and oxygen atoms in total. The third-order valence-electron chi connectivity index (χ3n) is 7.10. The summed E-state index contributed by atoms with van der Waals surface area (Å²) in [6, 6.07) is 0. The Labute approximate surface area is 201 Å². The third kappa shape index (κ3) is 5.71. The first-order valence-electron chi connectivity index (χ1n) is 11.8. The zero-order valence-corrected chi connectivity index (χ0v) is 23.7. The molecular weight excluding hydrogens is 496 g/mol. The van der Waals surface area contributed by atoms with Gasteiger partial charge in [-0.25, -0.2) is 0 Å². The van der Waals surface area contributed by atoms with Crippen LogP contribution < -0.4 is 0 Å². The summed E-state index contributed by atoms with van der Waals surface area (Å²) in [4.78, 5) is 0. The van der Waals surface area contributed by atoms with E-state index in [0.717, 1.165) is 38.8 Å². The van der Waals surface area contributed by atoms with Crippen molar-refractivity contribution in [3.05, 3.63) is 0 Å². The van der Waals surface area contributed by atoms with E-state index in [2.05, 4.69) is 75.2 Å². The fraction of sp³-hybridized carbons (Fsp3) is 1.00. The molecule has 0 aliphatic carbocycles. The molecule has 0 atom stereocenters. The van der Waals surface area contributed by atoms with Crippen molar-refractivity contribution in [2.24, 2.45) is 0 Å². The summed E-state index contributed by atoms with van der Waals surface area (Å²) in [6.07, 6.45) is 0.271. The summed E-state index contributed by atoms with van der Waals surface area (Å²) in [6.45, 7) is 19.3. The standard InChI is InChI=1S/C22H44N3O5PSe/c1-19(2)13-17(14-20(3,4)24(19)26)29-31(32,23-9-11-28-12-10-23)30-18-15-21(5,6)25(27)22(7,8)16-18/h17-18,26-27H,9-16H2,1-8H3. The van der Waals surface area contributed by atoms with Crippen molar-refractivity contribution in [3.63, 3.8) is 0 Å². The first-order valence-corrected chi connectivity index (χ1v) is 15.6. The maximum absolute atomic E-state index is 10.7. The van der Waals surface area contributed by atoms with Crippen LogP contribution in [0, 0.1) is 0 Å². The Balaban J connectivity index is 1.85. The number of piperidine rings is 2. The number of hydroxylamine groups is 4. The molecule has 0 aromatic heterocycles. The summed E-state index contributed by atoms with van der Waals surface area (Å²) < 4.78 is 21.7. The summed E-state index contributed by atoms with van der Waals surface area (Å²) in [5.41, 5.74) is -1.58. The van der Waals surface area contributed by atoms with E-state index in [1.807, 2.05) is 0 Å². The summed E-state index contributed by atoms with van der Waals surface area (Å²) in [5.74, 6) is 0. The molecule has 0 spiro atoms. The molecule has 0 amide bonds. The first-order chi connectivity index (χ1) is 14.5. The molecule has 0 radical (unpaired) electrons. The van der Waals surface area contributed by atoms with Crippen LogP contribution in [-0.2, 0) is 13.8 Å². The van der Waals surface area contributed by atoms with Crippen molar-refractivity contribution in [1.82, 2.24) is 14.8 Å². The number of ether oxygens (including phenoxy) is 1. The molecule has 3 heterocycles. The summed E-state index contributed by atoms with van der Waals surface area (Å²) in [7, 11) is 0. The van der Waals surface area contributed by atoms with E-state index in [1.165, 1.54) is 10.1 Å². The molecule has 0 unspecified atom stereocenters. The third-order valence-corrected chi connectivity index (χ3v) is 11.9. The molecule has 3 rings (SSSR count). The van der Waals surface area contributed by atoms with Crippen molar-refractivity contribution >= 4 is 21.2 Å². The van der Waals surface area contributed by atoms with Gasteiger partial charge in [0.15, 0.2) is 0 Å². The zero-order valence-electron chi connectivity index (χ0n) is 21.1. The Morgan fingerprint density at radius 2 is 1.03 bits per heavy atom. The SMILES string of the molecule is CC1(C)CC(OP(=[Se])(OC2CC(C)(C)N(O)C(C)(C)C2)N2CCOCC2)CC(C)(C)N1O. The molecule has 3 saturated heterocycles. The molecule has 3 aliphatic rings. The van der Waals surface area contributed by atoms with Crippen LogP contribution >= 0.6 is 6.11 Å². The van der Waals surface area contributed by atoms with Gasteiger partial charge < -0.3 is 0 Å². The monoisotopic (exact) mass is 541 g/mol. The van der Waals surface area contributed by atoms with Crippen LogP contribution in [0.15, 0.2) is 0 Å². The van der Waals surface area contributed by atoms with Gasteiger partial charge in [0.05, 0.1) is 0 Å². The second-order valence-corrected chi connectivity index (χ2v) is 17.0. The van der Waals surface area contributed by atoms with Crippen molar-refractivity contribution in [2.45, 2.75) is 115 Å². The van der Waals surface area contributed by atoms with Crippen molar-refractivity contribution in [2.75, 3.05) is 26.3 Å². The van der Waals surface area contributed by atoms with E-state index in [-0.39, 0.29) is 12.2 Å². The van der Waals surface area contributed by atoms with Gasteiger partial charge in [0.1, 0.15) is 0 Å². The van der Waals surface area contributed by atoms with E-state index < -0.39 is 28.3 Å². The van der Waals surface area contributed by atoms with Crippen molar-refractivity contribution < 1.29 is 24.2 Å². The van der Waals surface area contributed by atoms with Crippen LogP contribution in [0.2, 0.25) is 0 Å². The van der Waals surface area contributed by atoms with Gasteiger partial charge in [0.25, 0.3) is 0 Å². The van der Waals surface area contributed by atoms with E-state index in [4.69, 9.17) is 13.8 Å². The first kappa shape index (κ1) is 27.2. The number of nitrogens with zero attached hydrogens (tertiary/aromatic N) is 3. The average Bonchev–Trinajstić information content (AvgIpc) is 2.64. The normalized spacial score (nSPS) is 30.4. The number of hydrogen-bond acceptors (Lipinski definition) is 8. The molecule has 188 valence electrons. The van der Waals surface area contributed by atoms with Gasteiger partial charge in [-0.05, 0) is 0 Å². The molecular formula is C22H44N3O5PSe. The quantitative estimate of drug-likeness (QED) is 0.400. The van der Waals surface area contributed by atoms with Crippen LogP contribution in [0.3, 0.4) is 0 Å². The summed E-state index contributed by atoms with van der Waals surface area (Å²) >= 11 is 3.37. The average molecular weight is 541 g/mol. The molecule has 3 fully saturated rings. The Hall–Kier alpha value is 0.629. The maximum atomic E-state index is 10.7. The predicted molar refractivity (Wildman–Crippen MR) is 127 cm³/mol. The summed E-state index contributed by atoms with van der Waals surface area (Å²) in [5, 5.41) is 24.4. The van der Waals surface area contributed by atoms with Gasteiger partial charge in [-0.15, -0.1) is 0 Å². The van der Waals surface area contributed by atoms with Crippen LogP contribution in [0.1, 0.15) is 81.1 Å². The fourth-order valence-electron chi connectivity index (χ4n) is 5.84. The van der Waals surface area contributed by atoms with Crippen LogP contribution in [0.4, 0.5) is 0 Å². The number of hydrogen-bond donors (Lipinski definition) is 2. The topological polar surface area (TPSA) is 77.9 Å². The molecule has 0 aromatic rings. The predicted octanol–water partition coefficient (Wildman–Crippen LogP) is 4.02. The molecule has 2 N–H and O–H groups in total. The Kier molecular flexibility index (Phi) is 7.87. The van der Waals surface area contributed by atoms with E-state index >= 15 is 0 Å². The minimum absolute atomic E-state index is 0.0419. The molecule has 10 heteroatoms. The Bertz CT molecular complexity index is 642. The Morgan fingerprint density at radius 1 is 0.719 bits per heavy atom. The minimum atomic E-state index is -2.52. The zero-order chi connectivity index (χ0) is 24.2. The van der Waals surface area contributed by atoms with E-state index in [9.17, 15) is 10.4 Å². The molecule has 3 aliphatic heterocycles. The van der Waals surface area contributed by atoms with Gasteiger partial charge in [-0.3, -0.25) is 0 Å². The molecule has 32 heavy (non-hydrogen) atoms. The van der Waals surface area contributed by atoms with Gasteiger partial charge in [-0.2, -0.15) is 0 Å². The van der Waals surface area contributed by atoms with E-state index in [1.54, 1.807) is 0 Å². The van der Waals surface area contributed by atoms with Gasteiger partial charge >= 0.3 is 202 Å². The molecule has 0 saturated carbocycles. The second kappa shape index (κ2) is 9.25. The molecule has 0 bridgehead atoms. The van der Waals surface area contributed by atoms with E-state index in [0.29, 0.717) is 13.2 Å². The molecule has 0 aromatic carbocycles.